The number of halogens is 1. The van der Waals surface area contributed by atoms with E-state index in [-0.39, 0.29) is 17.9 Å². The minimum Gasteiger partial charge on any atom is -0.488 e. The highest BCUT2D eigenvalue weighted by Gasteiger charge is 2.12. The number of aryl methyl sites for hydroxylation is 1. The Morgan fingerprint density at radius 1 is 1.19 bits per heavy atom. The summed E-state index contributed by atoms with van der Waals surface area (Å²) in [7, 11) is 0. The number of para-hydroxylation sites is 1. The van der Waals surface area contributed by atoms with Gasteiger partial charge in [-0.25, -0.2) is 0 Å². The summed E-state index contributed by atoms with van der Waals surface area (Å²) in [6, 6.07) is 20.0. The molecule has 0 aromatic heterocycles. The van der Waals surface area contributed by atoms with Crippen molar-refractivity contribution < 1.29 is 14.5 Å². The molecule has 0 aliphatic carbocycles. The van der Waals surface area contributed by atoms with E-state index in [2.05, 4.69) is 5.32 Å². The second-order valence-corrected chi connectivity index (χ2v) is 7.25. The molecule has 0 radical (unpaired) electrons. The fraction of sp³-hybridized carbons (Fsp3) is 0.0833. The number of amides is 1. The molecular formula is C24H18ClN3O4. The Hall–Kier alpha value is -4.15. The molecule has 0 aliphatic heterocycles. The third kappa shape index (κ3) is 5.72. The first kappa shape index (κ1) is 22.5. The van der Waals surface area contributed by atoms with Crippen molar-refractivity contribution in [2.24, 2.45) is 0 Å². The molecule has 0 heterocycles. The van der Waals surface area contributed by atoms with Crippen LogP contribution in [-0.2, 0) is 11.4 Å². The first-order valence-corrected chi connectivity index (χ1v) is 9.89. The summed E-state index contributed by atoms with van der Waals surface area (Å²) in [4.78, 5) is 22.9. The lowest BCUT2D eigenvalue weighted by Gasteiger charge is -2.10. The van der Waals surface area contributed by atoms with E-state index in [1.54, 1.807) is 54.6 Å². The number of carbonyl (C=O) groups is 1. The molecule has 8 heteroatoms. The second-order valence-electron chi connectivity index (χ2n) is 6.84. The minimum absolute atomic E-state index is 0.00313. The molecule has 3 aromatic carbocycles. The number of nitrogens with zero attached hydrogens (tertiary/aromatic N) is 2. The van der Waals surface area contributed by atoms with Crippen LogP contribution < -0.4 is 10.1 Å². The number of benzene rings is 3. The third-order valence-electron chi connectivity index (χ3n) is 4.56. The van der Waals surface area contributed by atoms with Crippen LogP contribution in [0.1, 0.15) is 16.7 Å². The van der Waals surface area contributed by atoms with Crippen LogP contribution in [0.4, 0.5) is 11.4 Å². The van der Waals surface area contributed by atoms with E-state index < -0.39 is 10.8 Å². The summed E-state index contributed by atoms with van der Waals surface area (Å²) >= 11 is 6.09. The lowest BCUT2D eigenvalue weighted by molar-refractivity contribution is -0.384. The van der Waals surface area contributed by atoms with E-state index in [0.29, 0.717) is 22.0 Å². The third-order valence-corrected chi connectivity index (χ3v) is 4.96. The molecule has 160 valence electrons. The zero-order chi connectivity index (χ0) is 23.1. The van der Waals surface area contributed by atoms with Gasteiger partial charge in [0.2, 0.25) is 0 Å². The smallest absolute Gasteiger partial charge is 0.269 e. The lowest BCUT2D eigenvalue weighted by atomic mass is 10.1. The fourth-order valence-electron chi connectivity index (χ4n) is 2.78. The van der Waals surface area contributed by atoms with Crippen molar-refractivity contribution in [2.75, 3.05) is 5.32 Å². The van der Waals surface area contributed by atoms with Crippen molar-refractivity contribution in [3.63, 3.8) is 0 Å². The molecule has 1 N–H and O–H groups in total. The normalized spacial score (nSPS) is 10.8. The monoisotopic (exact) mass is 447 g/mol. The molecule has 1 amide bonds. The SMILES string of the molecule is Cc1ccc(NC(=O)/C(C#N)=C/c2ccccc2OCc2ccc([N+](=O)[O-])cc2)cc1Cl. The van der Waals surface area contributed by atoms with Crippen LogP contribution in [0.3, 0.4) is 0 Å². The number of ether oxygens (including phenoxy) is 1. The largest absolute Gasteiger partial charge is 0.488 e. The van der Waals surface area contributed by atoms with Crippen LogP contribution in [0.2, 0.25) is 5.02 Å². The van der Waals surface area contributed by atoms with Crippen molar-refractivity contribution in [1.82, 2.24) is 0 Å². The van der Waals surface area contributed by atoms with Gasteiger partial charge < -0.3 is 10.1 Å². The van der Waals surface area contributed by atoms with Gasteiger partial charge in [0.1, 0.15) is 24.0 Å². The Balaban J connectivity index is 1.76. The Bertz CT molecular complexity index is 1230. The van der Waals surface area contributed by atoms with E-state index in [0.717, 1.165) is 11.1 Å². The average Bonchev–Trinajstić information content (AvgIpc) is 2.79. The highest BCUT2D eigenvalue weighted by molar-refractivity contribution is 6.31. The number of rotatable bonds is 7. The van der Waals surface area contributed by atoms with Crippen molar-refractivity contribution in [2.45, 2.75) is 13.5 Å². The van der Waals surface area contributed by atoms with E-state index in [1.807, 2.05) is 13.0 Å². The van der Waals surface area contributed by atoms with Crippen LogP contribution in [0, 0.1) is 28.4 Å². The van der Waals surface area contributed by atoms with E-state index in [4.69, 9.17) is 16.3 Å². The summed E-state index contributed by atoms with van der Waals surface area (Å²) < 4.78 is 5.82. The van der Waals surface area contributed by atoms with Crippen LogP contribution in [0.15, 0.2) is 72.3 Å². The number of nitro benzene ring substituents is 1. The lowest BCUT2D eigenvalue weighted by Crippen LogP contribution is -2.13. The molecule has 0 fully saturated rings. The molecule has 7 nitrogen and oxygen atoms in total. The number of hydrogen-bond acceptors (Lipinski definition) is 5. The van der Waals surface area contributed by atoms with Crippen LogP contribution in [0.5, 0.6) is 5.75 Å². The average molecular weight is 448 g/mol. The maximum atomic E-state index is 12.6. The number of non-ortho nitro benzene ring substituents is 1. The van der Waals surface area contributed by atoms with Gasteiger partial charge >= 0.3 is 0 Å². The number of hydrogen-bond donors (Lipinski definition) is 1. The molecule has 32 heavy (non-hydrogen) atoms. The molecule has 3 rings (SSSR count). The van der Waals surface area contributed by atoms with Gasteiger partial charge in [-0.15, -0.1) is 0 Å². The number of nitro groups is 1. The maximum absolute atomic E-state index is 12.6. The van der Waals surface area contributed by atoms with Crippen LogP contribution in [-0.4, -0.2) is 10.8 Å². The molecule has 0 saturated carbocycles. The minimum atomic E-state index is -0.572. The summed E-state index contributed by atoms with van der Waals surface area (Å²) in [6.45, 7) is 2.01. The van der Waals surface area contributed by atoms with Crippen molar-refractivity contribution in [3.05, 3.63) is 104 Å². The van der Waals surface area contributed by atoms with Gasteiger partial charge in [0.15, 0.2) is 0 Å². The van der Waals surface area contributed by atoms with Gasteiger partial charge in [0, 0.05) is 28.4 Å². The summed E-state index contributed by atoms with van der Waals surface area (Å²) in [5.41, 5.74) is 2.53. The van der Waals surface area contributed by atoms with E-state index >= 15 is 0 Å². The van der Waals surface area contributed by atoms with Gasteiger partial charge in [-0.3, -0.25) is 14.9 Å². The topological polar surface area (TPSA) is 105 Å². The Morgan fingerprint density at radius 3 is 2.56 bits per heavy atom. The second kappa shape index (κ2) is 10.2. The Morgan fingerprint density at radius 2 is 1.91 bits per heavy atom. The Kier molecular flexibility index (Phi) is 7.21. The van der Waals surface area contributed by atoms with E-state index in [9.17, 15) is 20.2 Å². The summed E-state index contributed by atoms with van der Waals surface area (Å²) in [6.07, 6.45) is 1.44. The van der Waals surface area contributed by atoms with Gasteiger partial charge in [0.05, 0.1) is 4.92 Å². The van der Waals surface area contributed by atoms with Gasteiger partial charge in [-0.05, 0) is 54.5 Å². The predicted octanol–water partition coefficient (Wildman–Crippen LogP) is 5.68. The molecule has 0 unspecified atom stereocenters. The Labute approximate surface area is 189 Å². The zero-order valence-corrected chi connectivity index (χ0v) is 17.8. The molecule has 0 spiro atoms. The summed E-state index contributed by atoms with van der Waals surface area (Å²) in [5, 5.41) is 23.4. The number of nitriles is 1. The standard InChI is InChI=1S/C24H18ClN3O4/c1-16-6-9-20(13-22(16)25)27-24(29)19(14-26)12-18-4-2-3-5-23(18)32-15-17-7-10-21(11-8-17)28(30)31/h2-13H,15H2,1H3,(H,27,29)/b19-12+. The summed E-state index contributed by atoms with van der Waals surface area (Å²) in [5.74, 6) is -0.109. The quantitative estimate of drug-likeness (QED) is 0.217. The highest BCUT2D eigenvalue weighted by Crippen LogP contribution is 2.24. The molecule has 0 bridgehead atoms. The fourth-order valence-corrected chi connectivity index (χ4v) is 2.96. The molecule has 0 atom stereocenters. The number of carbonyl (C=O) groups excluding carboxylic acids is 1. The van der Waals surface area contributed by atoms with Crippen LogP contribution >= 0.6 is 11.6 Å². The van der Waals surface area contributed by atoms with Gasteiger partial charge in [0.25, 0.3) is 11.6 Å². The van der Waals surface area contributed by atoms with E-state index in [1.165, 1.54) is 18.2 Å². The maximum Gasteiger partial charge on any atom is 0.269 e. The predicted molar refractivity (Wildman–Crippen MR) is 122 cm³/mol. The highest BCUT2D eigenvalue weighted by atomic mass is 35.5. The molecule has 0 aliphatic rings. The first-order chi connectivity index (χ1) is 15.4. The first-order valence-electron chi connectivity index (χ1n) is 9.52. The van der Waals surface area contributed by atoms with Crippen molar-refractivity contribution in [3.8, 4) is 11.8 Å². The van der Waals surface area contributed by atoms with Crippen molar-refractivity contribution in [1.29, 1.82) is 5.26 Å². The number of nitrogens with one attached hydrogen (secondary N) is 1. The molecular weight excluding hydrogens is 430 g/mol. The van der Waals surface area contributed by atoms with Crippen molar-refractivity contribution >= 4 is 35.0 Å². The van der Waals surface area contributed by atoms with Gasteiger partial charge in [-0.2, -0.15) is 5.26 Å². The number of anilines is 1. The zero-order valence-electron chi connectivity index (χ0n) is 17.0. The molecule has 3 aromatic rings. The molecule has 0 saturated heterocycles. The van der Waals surface area contributed by atoms with Gasteiger partial charge in [-0.1, -0.05) is 35.9 Å². The van der Waals surface area contributed by atoms with Crippen LogP contribution in [0.25, 0.3) is 6.08 Å².